The van der Waals surface area contributed by atoms with Gasteiger partial charge in [0.2, 0.25) is 5.90 Å². The van der Waals surface area contributed by atoms with Gasteiger partial charge in [-0.1, -0.05) is 82.7 Å². The second-order valence-corrected chi connectivity index (χ2v) is 13.2. The number of nitrogens with one attached hydrogen (secondary N) is 1. The molecule has 0 spiro atoms. The molecule has 1 aliphatic rings. The number of aliphatic hydroxyl groups excluding tert-OH is 1. The molecule has 2 N–H and O–H groups in total. The lowest BCUT2D eigenvalue weighted by Gasteiger charge is -2.31. The van der Waals surface area contributed by atoms with Crippen molar-refractivity contribution in [3.8, 4) is 34.1 Å². The van der Waals surface area contributed by atoms with E-state index in [0.717, 1.165) is 26.7 Å². The average Bonchev–Trinajstić information content (AvgIpc) is 3.58. The first-order valence-electron chi connectivity index (χ1n) is 16.9. The van der Waals surface area contributed by atoms with Crippen LogP contribution in [0.3, 0.4) is 0 Å². The van der Waals surface area contributed by atoms with E-state index < -0.39 is 11.6 Å². The number of nitrogens with zero attached hydrogens (tertiary/aromatic N) is 1. The minimum Gasteiger partial charge on any atom is -0.496 e. The van der Waals surface area contributed by atoms with Crippen LogP contribution < -0.4 is 24.3 Å². The number of ether oxygens (including phenoxy) is 5. The second-order valence-electron chi connectivity index (χ2n) is 12.3. The van der Waals surface area contributed by atoms with E-state index in [1.165, 1.54) is 0 Å². The molecule has 0 aromatic heterocycles. The Morgan fingerprint density at radius 1 is 0.808 bits per heavy atom. The molecule has 0 saturated carbocycles. The minimum atomic E-state index is -1.42. The molecular formula is C42H41BrN2O7. The lowest BCUT2D eigenvalue weighted by atomic mass is 9.81. The zero-order valence-corrected chi connectivity index (χ0v) is 30.9. The van der Waals surface area contributed by atoms with Crippen LogP contribution >= 0.6 is 15.9 Å². The summed E-state index contributed by atoms with van der Waals surface area (Å²) >= 11 is 3.54. The Bertz CT molecular complexity index is 1960. The number of amides is 1. The number of halogens is 1. The van der Waals surface area contributed by atoms with Gasteiger partial charge >= 0.3 is 0 Å². The normalized spacial score (nSPS) is 16.4. The van der Waals surface area contributed by atoms with Gasteiger partial charge in [0.15, 0.2) is 11.6 Å². The first kappa shape index (κ1) is 36.5. The average molecular weight is 766 g/mol. The Morgan fingerprint density at radius 3 is 2.06 bits per heavy atom. The van der Waals surface area contributed by atoms with Gasteiger partial charge in [0.1, 0.15) is 23.0 Å². The summed E-state index contributed by atoms with van der Waals surface area (Å²) in [4.78, 5) is 20.1. The fourth-order valence-corrected chi connectivity index (χ4v) is 6.51. The molecule has 1 amide bonds. The molecular weight excluding hydrogens is 724 g/mol. The molecule has 9 nitrogen and oxygen atoms in total. The molecule has 5 aromatic carbocycles. The molecule has 6 rings (SSSR count). The zero-order chi connectivity index (χ0) is 36.5. The third kappa shape index (κ3) is 8.09. The number of hydrogen-bond donors (Lipinski definition) is 2. The fraction of sp³-hybridized carbons (Fsp3) is 0.238. The SMILES string of the molecule is COc1cc(OC)c(CNC(=O)[C@]2(Cc3ccc(Br)cc3)N=C(c3ccc(OCCCO)cc3)O[C@@H]2c2ccc(-c3ccccc3)cc2)c(OC)c1. The third-order valence-electron chi connectivity index (χ3n) is 8.98. The number of methoxy groups -OCH3 is 3. The Labute approximate surface area is 312 Å². The summed E-state index contributed by atoms with van der Waals surface area (Å²) in [7, 11) is 4.70. The Hall–Kier alpha value is -5.32. The lowest BCUT2D eigenvalue weighted by molar-refractivity contribution is -0.129. The van der Waals surface area contributed by atoms with Crippen molar-refractivity contribution < 1.29 is 33.6 Å². The van der Waals surface area contributed by atoms with Gasteiger partial charge in [0.05, 0.1) is 40.0 Å². The highest BCUT2D eigenvalue weighted by molar-refractivity contribution is 9.10. The number of carbonyl (C=O) groups excluding carboxylic acids is 1. The van der Waals surface area contributed by atoms with Crippen molar-refractivity contribution >= 4 is 27.7 Å². The van der Waals surface area contributed by atoms with Crippen LogP contribution in [0.5, 0.6) is 23.0 Å². The molecule has 0 aliphatic carbocycles. The summed E-state index contributed by atoms with van der Waals surface area (Å²) in [5.41, 5.74) is 3.77. The van der Waals surface area contributed by atoms with Crippen LogP contribution in [0, 0.1) is 0 Å². The molecule has 2 atom stereocenters. The molecule has 0 radical (unpaired) electrons. The molecule has 1 aliphatic heterocycles. The molecule has 0 saturated heterocycles. The first-order chi connectivity index (χ1) is 25.4. The Morgan fingerprint density at radius 2 is 1.44 bits per heavy atom. The highest BCUT2D eigenvalue weighted by Gasteiger charge is 2.53. The number of aliphatic hydroxyl groups is 1. The Kier molecular flexibility index (Phi) is 11.8. The summed E-state index contributed by atoms with van der Waals surface area (Å²) in [6.45, 7) is 0.549. The van der Waals surface area contributed by atoms with E-state index >= 15 is 0 Å². The van der Waals surface area contributed by atoms with E-state index in [1.54, 1.807) is 33.5 Å². The summed E-state index contributed by atoms with van der Waals surface area (Å²) in [6.07, 6.45) is 0.000594. The van der Waals surface area contributed by atoms with Gasteiger partial charge in [0.25, 0.3) is 5.91 Å². The standard InChI is InChI=1S/C42H41BrN2O7/c1-48-35-24-37(49-2)36(38(25-35)50-3)27-44-41(47)42(26-28-10-18-33(43)19-11-28)39(31-14-12-30(13-15-31)29-8-5-4-6-9-29)52-40(45-42)32-16-20-34(21-17-32)51-23-7-22-46/h4-6,8-21,24-25,39,46H,7,22-23,26-27H2,1-3H3,(H,44,47)/t39-,42-/m1/s1. The van der Waals surface area contributed by atoms with Crippen molar-refractivity contribution in [1.29, 1.82) is 0 Å². The smallest absolute Gasteiger partial charge is 0.252 e. The van der Waals surface area contributed by atoms with Crippen LogP contribution in [0.2, 0.25) is 0 Å². The van der Waals surface area contributed by atoms with Gasteiger partial charge in [-0.25, -0.2) is 4.99 Å². The van der Waals surface area contributed by atoms with Crippen LogP contribution in [-0.4, -0.2) is 57.0 Å². The summed E-state index contributed by atoms with van der Waals surface area (Å²) in [5, 5.41) is 12.3. The van der Waals surface area contributed by atoms with Crippen molar-refractivity contribution in [2.45, 2.75) is 31.0 Å². The van der Waals surface area contributed by atoms with E-state index in [2.05, 4.69) is 33.4 Å². The summed E-state index contributed by atoms with van der Waals surface area (Å²) in [5.74, 6) is 2.26. The zero-order valence-electron chi connectivity index (χ0n) is 29.3. The molecule has 0 unspecified atom stereocenters. The van der Waals surface area contributed by atoms with Gasteiger partial charge < -0.3 is 34.1 Å². The van der Waals surface area contributed by atoms with E-state index in [1.807, 2.05) is 91.0 Å². The van der Waals surface area contributed by atoms with Crippen LogP contribution in [-0.2, 0) is 22.5 Å². The summed E-state index contributed by atoms with van der Waals surface area (Å²) < 4.78 is 30.2. The van der Waals surface area contributed by atoms with Gasteiger partial charge in [0, 0.05) is 41.6 Å². The molecule has 1 heterocycles. The topological polar surface area (TPSA) is 108 Å². The van der Waals surface area contributed by atoms with Gasteiger partial charge in [-0.05, 0) is 58.7 Å². The molecule has 268 valence electrons. The Balaban J connectivity index is 1.43. The maximum absolute atomic E-state index is 14.9. The van der Waals surface area contributed by atoms with Gasteiger partial charge in [-0.15, -0.1) is 0 Å². The predicted molar refractivity (Wildman–Crippen MR) is 204 cm³/mol. The minimum absolute atomic E-state index is 0.0526. The van der Waals surface area contributed by atoms with E-state index in [-0.39, 0.29) is 25.5 Å². The predicted octanol–water partition coefficient (Wildman–Crippen LogP) is 7.72. The van der Waals surface area contributed by atoms with E-state index in [9.17, 15) is 4.79 Å². The maximum Gasteiger partial charge on any atom is 0.252 e. The van der Waals surface area contributed by atoms with Crippen molar-refractivity contribution in [2.24, 2.45) is 4.99 Å². The number of hydrogen-bond acceptors (Lipinski definition) is 8. The highest BCUT2D eigenvalue weighted by Crippen LogP contribution is 2.43. The molecule has 0 fully saturated rings. The highest BCUT2D eigenvalue weighted by atomic mass is 79.9. The monoisotopic (exact) mass is 764 g/mol. The molecule has 0 bridgehead atoms. The van der Waals surface area contributed by atoms with Crippen LogP contribution in [0.25, 0.3) is 11.1 Å². The summed E-state index contributed by atoms with van der Waals surface area (Å²) in [6, 6.07) is 37.0. The second kappa shape index (κ2) is 16.8. The van der Waals surface area contributed by atoms with Crippen LogP contribution in [0.4, 0.5) is 0 Å². The van der Waals surface area contributed by atoms with Gasteiger partial charge in [-0.2, -0.15) is 0 Å². The van der Waals surface area contributed by atoms with Crippen LogP contribution in [0.1, 0.15) is 34.8 Å². The molecule has 52 heavy (non-hydrogen) atoms. The lowest BCUT2D eigenvalue weighted by Crippen LogP contribution is -2.49. The number of carbonyl (C=O) groups is 1. The van der Waals surface area contributed by atoms with Crippen molar-refractivity contribution in [1.82, 2.24) is 5.32 Å². The first-order valence-corrected chi connectivity index (χ1v) is 17.7. The number of benzene rings is 5. The van der Waals surface area contributed by atoms with E-state index in [4.69, 9.17) is 33.8 Å². The van der Waals surface area contributed by atoms with E-state index in [0.29, 0.717) is 53.1 Å². The van der Waals surface area contributed by atoms with Crippen molar-refractivity contribution in [3.63, 3.8) is 0 Å². The molecule has 5 aromatic rings. The quantitative estimate of drug-likeness (QED) is 0.105. The third-order valence-corrected chi connectivity index (χ3v) is 9.51. The van der Waals surface area contributed by atoms with Crippen molar-refractivity contribution in [2.75, 3.05) is 34.5 Å². The van der Waals surface area contributed by atoms with Gasteiger partial charge in [-0.3, -0.25) is 4.79 Å². The van der Waals surface area contributed by atoms with Crippen molar-refractivity contribution in [3.05, 3.63) is 142 Å². The van der Waals surface area contributed by atoms with Crippen LogP contribution in [0.15, 0.2) is 125 Å². The maximum atomic E-state index is 14.9. The largest absolute Gasteiger partial charge is 0.496 e. The number of aliphatic imine (C=N–C) groups is 1. The molecule has 10 heteroatoms. The fourth-order valence-electron chi connectivity index (χ4n) is 6.25. The number of rotatable bonds is 15.